The van der Waals surface area contributed by atoms with E-state index in [4.69, 9.17) is 16.2 Å². The van der Waals surface area contributed by atoms with E-state index < -0.39 is 5.82 Å². The molecule has 0 aliphatic carbocycles. The van der Waals surface area contributed by atoms with Crippen LogP contribution in [0.25, 0.3) is 0 Å². The summed E-state index contributed by atoms with van der Waals surface area (Å²) in [7, 11) is 0. The Kier molecular flexibility index (Phi) is 4.50. The molecule has 108 valence electrons. The van der Waals surface area contributed by atoms with E-state index in [0.29, 0.717) is 5.69 Å². The van der Waals surface area contributed by atoms with Gasteiger partial charge in [-0.25, -0.2) is 4.39 Å². The van der Waals surface area contributed by atoms with Gasteiger partial charge in [0.1, 0.15) is 11.6 Å². The second-order valence-corrected chi connectivity index (χ2v) is 4.29. The standard InChI is InChI=1S/C15H15FN4O/c1-10-2-3-11(9-20-10)19-7-6-15(18)21-12-4-5-14(17)13(16)8-12/h2-9H,17-18H2,1H3/b15-6+,19-7?. The quantitative estimate of drug-likeness (QED) is 0.514. The highest BCUT2D eigenvalue weighted by Gasteiger charge is 2.01. The van der Waals surface area contributed by atoms with Gasteiger partial charge in [0.2, 0.25) is 0 Å². The van der Waals surface area contributed by atoms with Gasteiger partial charge in [-0.05, 0) is 31.2 Å². The minimum atomic E-state index is -0.556. The SMILES string of the molecule is Cc1ccc(N=C/C=C(\N)Oc2ccc(N)c(F)c2)cn1. The van der Waals surface area contributed by atoms with Crippen LogP contribution in [0.2, 0.25) is 0 Å². The summed E-state index contributed by atoms with van der Waals surface area (Å²) >= 11 is 0. The monoisotopic (exact) mass is 286 g/mol. The molecule has 0 aliphatic heterocycles. The fourth-order valence-electron chi connectivity index (χ4n) is 1.47. The van der Waals surface area contributed by atoms with E-state index in [9.17, 15) is 4.39 Å². The Balaban J connectivity index is 2.00. The number of benzene rings is 1. The lowest BCUT2D eigenvalue weighted by Gasteiger charge is -2.05. The van der Waals surface area contributed by atoms with Gasteiger partial charge in [-0.15, -0.1) is 0 Å². The van der Waals surface area contributed by atoms with Crippen molar-refractivity contribution in [3.63, 3.8) is 0 Å². The van der Waals surface area contributed by atoms with Crippen LogP contribution in [-0.2, 0) is 0 Å². The molecule has 4 N–H and O–H groups in total. The maximum atomic E-state index is 13.2. The number of hydrogen-bond donors (Lipinski definition) is 2. The molecule has 1 aromatic heterocycles. The first-order valence-corrected chi connectivity index (χ1v) is 6.20. The lowest BCUT2D eigenvalue weighted by molar-refractivity contribution is 0.418. The van der Waals surface area contributed by atoms with Crippen molar-refractivity contribution in [1.29, 1.82) is 0 Å². The van der Waals surface area contributed by atoms with Crippen LogP contribution < -0.4 is 16.2 Å². The average Bonchev–Trinajstić information content (AvgIpc) is 2.45. The number of allylic oxidation sites excluding steroid dienone is 1. The summed E-state index contributed by atoms with van der Waals surface area (Å²) in [5, 5.41) is 0. The highest BCUT2D eigenvalue weighted by atomic mass is 19.1. The Hall–Kier alpha value is -2.89. The molecule has 0 saturated heterocycles. The fourth-order valence-corrected chi connectivity index (χ4v) is 1.47. The molecule has 0 fully saturated rings. The molecular formula is C15H15FN4O. The highest BCUT2D eigenvalue weighted by Crippen LogP contribution is 2.18. The maximum absolute atomic E-state index is 13.2. The largest absolute Gasteiger partial charge is 0.441 e. The van der Waals surface area contributed by atoms with Crippen LogP contribution in [-0.4, -0.2) is 11.2 Å². The van der Waals surface area contributed by atoms with Crippen molar-refractivity contribution < 1.29 is 9.13 Å². The zero-order valence-corrected chi connectivity index (χ0v) is 11.5. The molecule has 1 aromatic carbocycles. The predicted octanol–water partition coefficient (Wildman–Crippen LogP) is 2.69. The van der Waals surface area contributed by atoms with Gasteiger partial charge < -0.3 is 16.2 Å². The number of hydrogen-bond acceptors (Lipinski definition) is 5. The number of aryl methyl sites for hydroxylation is 1. The lowest BCUT2D eigenvalue weighted by Crippen LogP contribution is -2.06. The van der Waals surface area contributed by atoms with Gasteiger partial charge >= 0.3 is 0 Å². The first-order chi connectivity index (χ1) is 10.0. The fraction of sp³-hybridized carbons (Fsp3) is 0.0667. The number of ether oxygens (including phenoxy) is 1. The van der Waals surface area contributed by atoms with Crippen LogP contribution in [0.4, 0.5) is 15.8 Å². The zero-order chi connectivity index (χ0) is 15.2. The van der Waals surface area contributed by atoms with Crippen LogP contribution in [0.1, 0.15) is 5.69 Å². The van der Waals surface area contributed by atoms with Gasteiger partial charge in [0, 0.05) is 24.1 Å². The van der Waals surface area contributed by atoms with Gasteiger partial charge in [-0.2, -0.15) is 0 Å². The Bertz CT molecular complexity index is 681. The number of anilines is 1. The summed E-state index contributed by atoms with van der Waals surface area (Å²) in [6, 6.07) is 7.79. The summed E-state index contributed by atoms with van der Waals surface area (Å²) in [4.78, 5) is 8.25. The third-order valence-electron chi connectivity index (χ3n) is 2.57. The van der Waals surface area contributed by atoms with Gasteiger partial charge in [-0.1, -0.05) is 0 Å². The van der Waals surface area contributed by atoms with E-state index in [-0.39, 0.29) is 17.3 Å². The number of nitrogens with zero attached hydrogens (tertiary/aromatic N) is 2. The normalized spacial score (nSPS) is 11.8. The number of rotatable bonds is 4. The number of nitrogen functional groups attached to an aromatic ring is 1. The van der Waals surface area contributed by atoms with Crippen molar-refractivity contribution in [1.82, 2.24) is 4.98 Å². The highest BCUT2D eigenvalue weighted by molar-refractivity contribution is 5.74. The molecule has 5 nitrogen and oxygen atoms in total. The molecule has 0 saturated carbocycles. The van der Waals surface area contributed by atoms with Crippen molar-refractivity contribution in [2.75, 3.05) is 5.73 Å². The summed E-state index contributed by atoms with van der Waals surface area (Å²) in [5.74, 6) is -0.205. The predicted molar refractivity (Wildman–Crippen MR) is 80.8 cm³/mol. The molecule has 2 aromatic rings. The summed E-state index contributed by atoms with van der Waals surface area (Å²) in [5.41, 5.74) is 12.7. The molecule has 1 heterocycles. The molecule has 2 rings (SSSR count). The van der Waals surface area contributed by atoms with Crippen LogP contribution >= 0.6 is 0 Å². The van der Waals surface area contributed by atoms with Gasteiger partial charge in [-0.3, -0.25) is 9.98 Å². The van der Waals surface area contributed by atoms with Crippen molar-refractivity contribution >= 4 is 17.6 Å². The molecule has 0 unspecified atom stereocenters. The number of nitrogens with two attached hydrogens (primary N) is 2. The van der Waals surface area contributed by atoms with E-state index in [1.165, 1.54) is 24.4 Å². The molecule has 0 aliphatic rings. The summed E-state index contributed by atoms with van der Waals surface area (Å²) in [6.45, 7) is 1.89. The molecular weight excluding hydrogens is 271 g/mol. The second-order valence-electron chi connectivity index (χ2n) is 4.29. The van der Waals surface area contributed by atoms with Gasteiger partial charge in [0.05, 0.1) is 17.6 Å². The Morgan fingerprint density at radius 1 is 1.33 bits per heavy atom. The van der Waals surface area contributed by atoms with E-state index in [2.05, 4.69) is 9.98 Å². The molecule has 0 amide bonds. The average molecular weight is 286 g/mol. The van der Waals surface area contributed by atoms with Crippen LogP contribution in [0.3, 0.4) is 0 Å². The Morgan fingerprint density at radius 3 is 2.81 bits per heavy atom. The third kappa shape index (κ3) is 4.31. The number of pyridine rings is 1. The zero-order valence-electron chi connectivity index (χ0n) is 11.5. The Morgan fingerprint density at radius 2 is 2.14 bits per heavy atom. The maximum Gasteiger partial charge on any atom is 0.192 e. The van der Waals surface area contributed by atoms with Crippen LogP contribution in [0.15, 0.2) is 53.5 Å². The van der Waals surface area contributed by atoms with Gasteiger partial charge in [0.15, 0.2) is 5.88 Å². The smallest absolute Gasteiger partial charge is 0.192 e. The second kappa shape index (κ2) is 6.51. The number of aliphatic imine (C=N–C) groups is 1. The van der Waals surface area contributed by atoms with Crippen molar-refractivity contribution in [3.05, 3.63) is 60.0 Å². The molecule has 0 atom stereocenters. The van der Waals surface area contributed by atoms with Crippen LogP contribution in [0.5, 0.6) is 5.75 Å². The molecule has 21 heavy (non-hydrogen) atoms. The molecule has 0 radical (unpaired) electrons. The molecule has 0 spiro atoms. The first kappa shape index (κ1) is 14.5. The third-order valence-corrected chi connectivity index (χ3v) is 2.57. The van der Waals surface area contributed by atoms with Crippen molar-refractivity contribution in [3.8, 4) is 5.75 Å². The molecule has 0 bridgehead atoms. The van der Waals surface area contributed by atoms with Gasteiger partial charge in [0.25, 0.3) is 0 Å². The van der Waals surface area contributed by atoms with E-state index in [1.54, 1.807) is 6.20 Å². The van der Waals surface area contributed by atoms with Crippen LogP contribution in [0, 0.1) is 12.7 Å². The van der Waals surface area contributed by atoms with E-state index in [1.807, 2.05) is 19.1 Å². The first-order valence-electron chi connectivity index (χ1n) is 6.20. The summed E-state index contributed by atoms with van der Waals surface area (Å²) < 4.78 is 18.5. The lowest BCUT2D eigenvalue weighted by atomic mass is 10.3. The minimum Gasteiger partial charge on any atom is -0.441 e. The topological polar surface area (TPSA) is 86.5 Å². The number of aromatic nitrogens is 1. The van der Waals surface area contributed by atoms with Crippen molar-refractivity contribution in [2.45, 2.75) is 6.92 Å². The molecule has 6 heteroatoms. The van der Waals surface area contributed by atoms with Crippen molar-refractivity contribution in [2.24, 2.45) is 10.7 Å². The Labute approximate surface area is 121 Å². The van der Waals surface area contributed by atoms with E-state index >= 15 is 0 Å². The summed E-state index contributed by atoms with van der Waals surface area (Å²) in [6.07, 6.45) is 4.59. The number of halogens is 1. The minimum absolute atomic E-state index is 0.0540. The van der Waals surface area contributed by atoms with E-state index in [0.717, 1.165) is 11.8 Å².